The largest absolute Gasteiger partial charge is 0.310 e. The zero-order chi connectivity index (χ0) is 35.6. The quantitative estimate of drug-likeness (QED) is 0.164. The summed E-state index contributed by atoms with van der Waals surface area (Å²) in [6.07, 6.45) is 0. The fourth-order valence-corrected chi connectivity index (χ4v) is 8.71. The van der Waals surface area contributed by atoms with Crippen molar-refractivity contribution in [3.8, 4) is 16.8 Å². The molecule has 0 unspecified atom stereocenters. The Bertz CT molecular complexity index is 3220. The van der Waals surface area contributed by atoms with Gasteiger partial charge in [-0.15, -0.1) is 0 Å². The molecule has 0 atom stereocenters. The SMILES string of the molecule is c1ccc(-n2c3cccc(-c4cccc(N(c5ccc6c(ccc7ccccc76)c5)c5cccc6ccccc56)c4)c3c3c4ccccc4ccc32)cc1. The average Bonchev–Trinajstić information content (AvgIpc) is 3.59. The number of aromatic nitrogens is 1. The summed E-state index contributed by atoms with van der Waals surface area (Å²) in [6.45, 7) is 0. The van der Waals surface area contributed by atoms with Crippen LogP contribution in [0.1, 0.15) is 0 Å². The highest BCUT2D eigenvalue weighted by Gasteiger charge is 2.21. The van der Waals surface area contributed by atoms with Crippen molar-refractivity contribution in [2.24, 2.45) is 0 Å². The Morgan fingerprint density at radius 1 is 0.333 bits per heavy atom. The van der Waals surface area contributed by atoms with Crippen LogP contribution in [0.5, 0.6) is 0 Å². The molecule has 0 fully saturated rings. The van der Waals surface area contributed by atoms with Crippen molar-refractivity contribution in [2.45, 2.75) is 0 Å². The number of hydrogen-bond acceptors (Lipinski definition) is 1. The van der Waals surface area contributed by atoms with Crippen LogP contribution < -0.4 is 4.90 Å². The Kier molecular flexibility index (Phi) is 6.90. The molecule has 0 spiro atoms. The lowest BCUT2D eigenvalue weighted by atomic mass is 9.96. The van der Waals surface area contributed by atoms with Crippen LogP contribution in [0.2, 0.25) is 0 Å². The first-order chi connectivity index (χ1) is 26.8. The van der Waals surface area contributed by atoms with Gasteiger partial charge in [0.15, 0.2) is 0 Å². The molecule has 0 saturated carbocycles. The molecule has 0 aliphatic rings. The first-order valence-electron chi connectivity index (χ1n) is 18.6. The highest BCUT2D eigenvalue weighted by atomic mass is 15.1. The van der Waals surface area contributed by atoms with Gasteiger partial charge in [0.1, 0.15) is 0 Å². The number of benzene rings is 10. The summed E-state index contributed by atoms with van der Waals surface area (Å²) in [5, 5.41) is 12.5. The lowest BCUT2D eigenvalue weighted by Gasteiger charge is -2.28. The van der Waals surface area contributed by atoms with Gasteiger partial charge in [0.05, 0.1) is 16.7 Å². The van der Waals surface area contributed by atoms with Gasteiger partial charge in [-0.1, -0.05) is 152 Å². The van der Waals surface area contributed by atoms with Gasteiger partial charge in [0.2, 0.25) is 0 Å². The molecule has 11 aromatic rings. The average molecular weight is 687 g/mol. The van der Waals surface area contributed by atoms with Crippen LogP contribution >= 0.6 is 0 Å². The molecule has 0 radical (unpaired) electrons. The number of nitrogens with zero attached hydrogens (tertiary/aromatic N) is 2. The van der Waals surface area contributed by atoms with E-state index >= 15 is 0 Å². The topological polar surface area (TPSA) is 8.17 Å². The van der Waals surface area contributed by atoms with Crippen LogP contribution in [-0.2, 0) is 0 Å². The highest BCUT2D eigenvalue weighted by molar-refractivity contribution is 6.25. The summed E-state index contributed by atoms with van der Waals surface area (Å²) in [5.41, 5.74) is 9.33. The number of fused-ring (bicyclic) bond motifs is 9. The lowest BCUT2D eigenvalue weighted by Crippen LogP contribution is -2.10. The first-order valence-corrected chi connectivity index (χ1v) is 18.6. The van der Waals surface area contributed by atoms with Crippen molar-refractivity contribution in [1.82, 2.24) is 4.57 Å². The summed E-state index contributed by atoms with van der Waals surface area (Å²) < 4.78 is 2.42. The summed E-state index contributed by atoms with van der Waals surface area (Å²) in [5.74, 6) is 0. The fraction of sp³-hybridized carbons (Fsp3) is 0. The molecule has 2 nitrogen and oxygen atoms in total. The van der Waals surface area contributed by atoms with Crippen LogP contribution in [0.4, 0.5) is 17.1 Å². The molecule has 1 aromatic heterocycles. The molecular formula is C52H34N2. The smallest absolute Gasteiger partial charge is 0.0547 e. The van der Waals surface area contributed by atoms with E-state index in [0.717, 1.165) is 22.7 Å². The van der Waals surface area contributed by atoms with Crippen LogP contribution in [0.25, 0.3) is 81.7 Å². The normalized spacial score (nSPS) is 11.7. The van der Waals surface area contributed by atoms with Crippen molar-refractivity contribution in [3.05, 3.63) is 206 Å². The Morgan fingerprint density at radius 3 is 1.78 bits per heavy atom. The molecule has 0 amide bonds. The van der Waals surface area contributed by atoms with Gasteiger partial charge in [0.25, 0.3) is 0 Å². The third-order valence-corrected chi connectivity index (χ3v) is 11.1. The van der Waals surface area contributed by atoms with Gasteiger partial charge in [-0.2, -0.15) is 0 Å². The molecule has 10 aromatic carbocycles. The van der Waals surface area contributed by atoms with Gasteiger partial charge in [-0.05, 0) is 103 Å². The Hall–Kier alpha value is -7.16. The Balaban J connectivity index is 1.17. The molecule has 252 valence electrons. The molecular weight excluding hydrogens is 653 g/mol. The van der Waals surface area contributed by atoms with E-state index in [9.17, 15) is 0 Å². The first kappa shape index (κ1) is 30.5. The summed E-state index contributed by atoms with van der Waals surface area (Å²) in [7, 11) is 0. The summed E-state index contributed by atoms with van der Waals surface area (Å²) >= 11 is 0. The van der Waals surface area contributed by atoms with E-state index in [1.807, 2.05) is 0 Å². The van der Waals surface area contributed by atoms with Gasteiger partial charge in [-0.3, -0.25) is 0 Å². The zero-order valence-electron chi connectivity index (χ0n) is 29.5. The van der Waals surface area contributed by atoms with E-state index in [-0.39, 0.29) is 0 Å². The van der Waals surface area contributed by atoms with Crippen molar-refractivity contribution >= 4 is 82.0 Å². The van der Waals surface area contributed by atoms with Crippen molar-refractivity contribution in [1.29, 1.82) is 0 Å². The van der Waals surface area contributed by atoms with Gasteiger partial charge in [-0.25, -0.2) is 0 Å². The molecule has 1 heterocycles. The molecule has 11 rings (SSSR count). The van der Waals surface area contributed by atoms with Crippen LogP contribution in [0, 0.1) is 0 Å². The predicted octanol–water partition coefficient (Wildman–Crippen LogP) is 14.5. The van der Waals surface area contributed by atoms with Crippen LogP contribution in [0.15, 0.2) is 206 Å². The number of hydrogen-bond donors (Lipinski definition) is 0. The number of para-hydroxylation sites is 1. The minimum atomic E-state index is 1.11. The van der Waals surface area contributed by atoms with Gasteiger partial charge in [0, 0.05) is 33.2 Å². The standard InChI is InChI=1S/C52H34N2/c1-2-18-40(19-3-1)54-49-26-12-24-47(52(49)51-46-23-9-6-15-37(46)29-32-50(51)54)38-17-10-20-41(33-38)53(48-25-11-16-35-13-5-8-22-45(35)48)42-30-31-44-39(34-42)28-27-36-14-4-7-21-43(36)44/h1-34H. The van der Waals surface area contributed by atoms with E-state index in [4.69, 9.17) is 0 Å². The second-order valence-electron chi connectivity index (χ2n) is 14.1. The molecule has 0 bridgehead atoms. The monoisotopic (exact) mass is 686 g/mol. The van der Waals surface area contributed by atoms with Crippen molar-refractivity contribution < 1.29 is 0 Å². The van der Waals surface area contributed by atoms with Gasteiger partial charge >= 0.3 is 0 Å². The minimum Gasteiger partial charge on any atom is -0.310 e. The number of rotatable bonds is 5. The fourth-order valence-electron chi connectivity index (χ4n) is 8.71. The van der Waals surface area contributed by atoms with Crippen molar-refractivity contribution in [2.75, 3.05) is 4.90 Å². The molecule has 2 heteroatoms. The molecule has 0 aliphatic heterocycles. The van der Waals surface area contributed by atoms with E-state index in [0.29, 0.717) is 0 Å². The summed E-state index contributed by atoms with van der Waals surface area (Å²) in [4.78, 5) is 2.43. The van der Waals surface area contributed by atoms with E-state index < -0.39 is 0 Å². The van der Waals surface area contributed by atoms with E-state index in [1.54, 1.807) is 0 Å². The highest BCUT2D eigenvalue weighted by Crippen LogP contribution is 2.45. The number of anilines is 3. The second kappa shape index (κ2) is 12.2. The van der Waals surface area contributed by atoms with E-state index in [1.165, 1.54) is 76.0 Å². The second-order valence-corrected chi connectivity index (χ2v) is 14.1. The molecule has 0 N–H and O–H groups in total. The summed E-state index contributed by atoms with van der Waals surface area (Å²) in [6, 6.07) is 75.3. The van der Waals surface area contributed by atoms with Crippen LogP contribution in [-0.4, -0.2) is 4.57 Å². The minimum absolute atomic E-state index is 1.11. The Labute approximate surface area is 313 Å². The molecule has 0 saturated heterocycles. The Morgan fingerprint density at radius 2 is 0.926 bits per heavy atom. The maximum Gasteiger partial charge on any atom is 0.0547 e. The maximum absolute atomic E-state index is 2.43. The third-order valence-electron chi connectivity index (χ3n) is 11.1. The molecule has 0 aliphatic carbocycles. The van der Waals surface area contributed by atoms with Crippen LogP contribution in [0.3, 0.4) is 0 Å². The third kappa shape index (κ3) is 4.74. The van der Waals surface area contributed by atoms with E-state index in [2.05, 4.69) is 216 Å². The van der Waals surface area contributed by atoms with Gasteiger partial charge < -0.3 is 9.47 Å². The zero-order valence-corrected chi connectivity index (χ0v) is 29.5. The lowest BCUT2D eigenvalue weighted by molar-refractivity contribution is 1.18. The van der Waals surface area contributed by atoms with Crippen molar-refractivity contribution in [3.63, 3.8) is 0 Å². The predicted molar refractivity (Wildman–Crippen MR) is 231 cm³/mol. The maximum atomic E-state index is 2.43. The molecule has 54 heavy (non-hydrogen) atoms.